The number of rotatable bonds is 8. The number of fused-ring (bicyclic) bond motifs is 1. The van der Waals surface area contributed by atoms with E-state index >= 15 is 0 Å². The zero-order valence-corrected chi connectivity index (χ0v) is 27.3. The minimum absolute atomic E-state index is 0.210. The second-order valence-corrected chi connectivity index (χ2v) is 12.1. The van der Waals surface area contributed by atoms with E-state index < -0.39 is 0 Å². The van der Waals surface area contributed by atoms with Gasteiger partial charge in [0, 0.05) is 17.3 Å². The van der Waals surface area contributed by atoms with E-state index in [0.717, 1.165) is 36.2 Å². The second-order valence-electron chi connectivity index (χ2n) is 12.1. The first-order valence-corrected chi connectivity index (χ1v) is 16.6. The normalized spacial score (nSPS) is 14.4. The predicted molar refractivity (Wildman–Crippen MR) is 206 cm³/mol. The molecular formula is C46H42N2. The zero-order chi connectivity index (χ0) is 33.0. The fourth-order valence-electron chi connectivity index (χ4n) is 6.10. The van der Waals surface area contributed by atoms with Crippen molar-refractivity contribution in [3.05, 3.63) is 216 Å². The number of hydrogen-bond acceptors (Lipinski definition) is 2. The van der Waals surface area contributed by atoms with Crippen LogP contribution in [0.4, 0.5) is 5.69 Å². The van der Waals surface area contributed by atoms with Gasteiger partial charge in [-0.05, 0) is 87.2 Å². The van der Waals surface area contributed by atoms with Gasteiger partial charge in [0.05, 0.1) is 0 Å². The van der Waals surface area contributed by atoms with E-state index in [4.69, 9.17) is 11.5 Å². The SMILES string of the molecule is N/C(=C\C(=C/Cc1ccccc1)c1ccc2ccccc2c1-c1ccc(Cc2ccccc2)cc1)C1C=CC=CC1.Nc1ccccc1. The minimum atomic E-state index is 0.210. The molecule has 236 valence electrons. The first-order chi connectivity index (χ1) is 23.6. The van der Waals surface area contributed by atoms with Crippen molar-refractivity contribution in [1.82, 2.24) is 0 Å². The molecule has 7 rings (SSSR count). The summed E-state index contributed by atoms with van der Waals surface area (Å²) in [5.41, 5.74) is 22.6. The molecule has 0 aromatic heterocycles. The highest BCUT2D eigenvalue weighted by atomic mass is 14.6. The molecule has 0 fully saturated rings. The van der Waals surface area contributed by atoms with Crippen LogP contribution in [0.2, 0.25) is 0 Å². The Labute approximate surface area is 285 Å². The van der Waals surface area contributed by atoms with E-state index in [-0.39, 0.29) is 5.92 Å². The Balaban J connectivity index is 0.000000510. The topological polar surface area (TPSA) is 52.0 Å². The van der Waals surface area contributed by atoms with Gasteiger partial charge >= 0.3 is 0 Å². The average Bonchev–Trinajstić information content (AvgIpc) is 3.15. The Morgan fingerprint density at radius 1 is 0.625 bits per heavy atom. The molecule has 1 unspecified atom stereocenters. The maximum atomic E-state index is 6.79. The lowest BCUT2D eigenvalue weighted by molar-refractivity contribution is 0.756. The van der Waals surface area contributed by atoms with Crippen molar-refractivity contribution in [2.75, 3.05) is 5.73 Å². The van der Waals surface area contributed by atoms with Crippen LogP contribution in [0.15, 0.2) is 194 Å². The van der Waals surface area contributed by atoms with Crippen molar-refractivity contribution >= 4 is 22.0 Å². The molecule has 0 heterocycles. The van der Waals surface area contributed by atoms with Gasteiger partial charge in [-0.2, -0.15) is 0 Å². The van der Waals surface area contributed by atoms with E-state index in [2.05, 4.69) is 158 Å². The van der Waals surface area contributed by atoms with Gasteiger partial charge < -0.3 is 11.5 Å². The van der Waals surface area contributed by atoms with E-state index in [1.54, 1.807) is 0 Å². The largest absolute Gasteiger partial charge is 0.402 e. The molecular weight excluding hydrogens is 581 g/mol. The van der Waals surface area contributed by atoms with Crippen LogP contribution in [0.5, 0.6) is 0 Å². The maximum absolute atomic E-state index is 6.79. The summed E-state index contributed by atoms with van der Waals surface area (Å²) < 4.78 is 0. The fourth-order valence-corrected chi connectivity index (χ4v) is 6.10. The monoisotopic (exact) mass is 622 g/mol. The quantitative estimate of drug-likeness (QED) is 0.131. The maximum Gasteiger partial charge on any atom is 0.0313 e. The summed E-state index contributed by atoms with van der Waals surface area (Å²) in [6, 6.07) is 53.1. The molecule has 1 atom stereocenters. The van der Waals surface area contributed by atoms with Gasteiger partial charge in [-0.25, -0.2) is 0 Å². The highest BCUT2D eigenvalue weighted by molar-refractivity contribution is 6.03. The lowest BCUT2D eigenvalue weighted by Crippen LogP contribution is -2.11. The van der Waals surface area contributed by atoms with E-state index in [1.165, 1.54) is 44.2 Å². The van der Waals surface area contributed by atoms with Gasteiger partial charge in [0.2, 0.25) is 0 Å². The van der Waals surface area contributed by atoms with Crippen LogP contribution in [0.3, 0.4) is 0 Å². The molecule has 6 aromatic carbocycles. The Morgan fingerprint density at radius 3 is 1.90 bits per heavy atom. The number of anilines is 1. The number of para-hydroxylation sites is 1. The summed E-state index contributed by atoms with van der Waals surface area (Å²) in [4.78, 5) is 0. The summed E-state index contributed by atoms with van der Waals surface area (Å²) in [7, 11) is 0. The number of nitrogen functional groups attached to an aromatic ring is 1. The van der Waals surface area contributed by atoms with Gasteiger partial charge in [0.1, 0.15) is 0 Å². The van der Waals surface area contributed by atoms with Gasteiger partial charge in [0.25, 0.3) is 0 Å². The van der Waals surface area contributed by atoms with E-state index in [1.807, 2.05) is 30.3 Å². The minimum Gasteiger partial charge on any atom is -0.402 e. The molecule has 2 heteroatoms. The molecule has 48 heavy (non-hydrogen) atoms. The van der Waals surface area contributed by atoms with Crippen molar-refractivity contribution < 1.29 is 0 Å². The Hall–Kier alpha value is -5.86. The van der Waals surface area contributed by atoms with Crippen molar-refractivity contribution in [2.24, 2.45) is 11.7 Å². The van der Waals surface area contributed by atoms with Crippen LogP contribution in [0.1, 0.15) is 28.7 Å². The van der Waals surface area contributed by atoms with Crippen molar-refractivity contribution in [3.8, 4) is 11.1 Å². The van der Waals surface area contributed by atoms with Gasteiger partial charge in [-0.15, -0.1) is 0 Å². The van der Waals surface area contributed by atoms with Gasteiger partial charge in [-0.1, -0.05) is 170 Å². The molecule has 0 amide bonds. The highest BCUT2D eigenvalue weighted by Crippen LogP contribution is 2.37. The molecule has 0 aliphatic heterocycles. The van der Waals surface area contributed by atoms with Crippen LogP contribution < -0.4 is 11.5 Å². The lowest BCUT2D eigenvalue weighted by atomic mass is 9.87. The lowest BCUT2D eigenvalue weighted by Gasteiger charge is -2.18. The van der Waals surface area contributed by atoms with Gasteiger partial charge in [0.15, 0.2) is 0 Å². The van der Waals surface area contributed by atoms with Crippen molar-refractivity contribution in [1.29, 1.82) is 0 Å². The van der Waals surface area contributed by atoms with E-state index in [9.17, 15) is 0 Å². The second kappa shape index (κ2) is 16.1. The molecule has 0 saturated carbocycles. The number of hydrogen-bond donors (Lipinski definition) is 2. The standard InChI is InChI=1S/C40H35N.C6H7N/c41-39(34-17-8-3-9-18-34)29-36(25-20-30-12-4-1-5-13-30)38-27-26-33-16-10-11-19-37(33)40(38)35-23-21-32(22-24-35)28-31-14-6-2-7-15-31;7-6-4-2-1-3-5-6/h1-17,19,21-27,29,34H,18,20,28,41H2;1-5H,7H2/b36-25+,39-29-;. The third-order valence-electron chi connectivity index (χ3n) is 8.66. The van der Waals surface area contributed by atoms with Crippen LogP contribution in [-0.4, -0.2) is 0 Å². The molecule has 4 N–H and O–H groups in total. The summed E-state index contributed by atoms with van der Waals surface area (Å²) >= 11 is 0. The number of allylic oxidation sites excluding steroid dienone is 7. The Bertz CT molecular complexity index is 2040. The predicted octanol–water partition coefficient (Wildman–Crippen LogP) is 11.0. The summed E-state index contributed by atoms with van der Waals surface area (Å²) in [6.07, 6.45) is 15.8. The highest BCUT2D eigenvalue weighted by Gasteiger charge is 2.15. The van der Waals surface area contributed by atoms with Crippen LogP contribution in [0.25, 0.3) is 27.5 Å². The molecule has 0 bridgehead atoms. The first-order valence-electron chi connectivity index (χ1n) is 16.6. The summed E-state index contributed by atoms with van der Waals surface area (Å²) in [5.74, 6) is 0.210. The van der Waals surface area contributed by atoms with Crippen LogP contribution >= 0.6 is 0 Å². The third-order valence-corrected chi connectivity index (χ3v) is 8.66. The summed E-state index contributed by atoms with van der Waals surface area (Å²) in [5, 5.41) is 2.48. The smallest absolute Gasteiger partial charge is 0.0313 e. The van der Waals surface area contributed by atoms with Crippen LogP contribution in [0, 0.1) is 5.92 Å². The molecule has 1 aliphatic rings. The number of benzene rings is 6. The Kier molecular flexibility index (Phi) is 10.8. The number of nitrogens with two attached hydrogens (primary N) is 2. The Morgan fingerprint density at radius 2 is 1.25 bits per heavy atom. The molecule has 0 spiro atoms. The zero-order valence-electron chi connectivity index (χ0n) is 27.3. The molecule has 0 saturated heterocycles. The van der Waals surface area contributed by atoms with Crippen molar-refractivity contribution in [3.63, 3.8) is 0 Å². The van der Waals surface area contributed by atoms with Gasteiger partial charge in [-0.3, -0.25) is 0 Å². The molecule has 2 nitrogen and oxygen atoms in total. The average molecular weight is 623 g/mol. The molecule has 1 aliphatic carbocycles. The van der Waals surface area contributed by atoms with E-state index in [0.29, 0.717) is 0 Å². The fraction of sp³-hybridized carbons (Fsp3) is 0.0870. The van der Waals surface area contributed by atoms with Crippen molar-refractivity contribution in [2.45, 2.75) is 19.3 Å². The molecule has 0 radical (unpaired) electrons. The third kappa shape index (κ3) is 8.48. The van der Waals surface area contributed by atoms with Crippen LogP contribution in [-0.2, 0) is 12.8 Å². The summed E-state index contributed by atoms with van der Waals surface area (Å²) in [6.45, 7) is 0. The molecule has 6 aromatic rings. The first kappa shape index (κ1) is 32.1.